The van der Waals surface area contributed by atoms with Crippen LogP contribution in [0.4, 0.5) is 0 Å². The van der Waals surface area contributed by atoms with Gasteiger partial charge in [0.15, 0.2) is 0 Å². The topological polar surface area (TPSA) is 78.9 Å². The zero-order valence-electron chi connectivity index (χ0n) is 10.2. The highest BCUT2D eigenvalue weighted by atomic mass is 16.5. The molecule has 0 spiro atoms. The zero-order chi connectivity index (χ0) is 13.7. The molecule has 0 atom stereocenters. The van der Waals surface area contributed by atoms with Crippen molar-refractivity contribution in [2.75, 3.05) is 7.11 Å². The smallest absolute Gasteiger partial charge is 0.338 e. The summed E-state index contributed by atoms with van der Waals surface area (Å²) in [5.74, 6) is -1.53. The second-order valence-corrected chi connectivity index (χ2v) is 3.37. The minimum atomic E-state index is -0.627. The fourth-order valence-corrected chi connectivity index (χ4v) is 1.26. The predicted octanol–water partition coefficient (Wildman–Crippen LogP) is 1.32. The largest absolute Gasteiger partial charge is 0.465 e. The molecule has 18 heavy (non-hydrogen) atoms. The summed E-state index contributed by atoms with van der Waals surface area (Å²) >= 11 is 0. The molecule has 0 unspecified atom stereocenters. The van der Waals surface area contributed by atoms with E-state index in [0.717, 1.165) is 0 Å². The van der Waals surface area contributed by atoms with Gasteiger partial charge in [0.1, 0.15) is 11.5 Å². The number of carbonyl (C=O) groups excluding carboxylic acids is 3. The fourth-order valence-electron chi connectivity index (χ4n) is 1.26. The molecule has 0 aliphatic rings. The molecule has 1 aromatic rings. The van der Waals surface area contributed by atoms with Crippen LogP contribution in [0.1, 0.15) is 24.2 Å². The molecule has 0 heterocycles. The lowest BCUT2D eigenvalue weighted by atomic mass is 10.2. The van der Waals surface area contributed by atoms with E-state index >= 15 is 0 Å². The van der Waals surface area contributed by atoms with Gasteiger partial charge in [-0.15, -0.1) is 0 Å². The summed E-state index contributed by atoms with van der Waals surface area (Å²) in [5.41, 5.74) is 0.118. The van der Waals surface area contributed by atoms with Gasteiger partial charge in [0.2, 0.25) is 0 Å². The molecule has 6 heteroatoms. The van der Waals surface area contributed by atoms with Crippen molar-refractivity contribution in [2.45, 2.75) is 13.8 Å². The van der Waals surface area contributed by atoms with Gasteiger partial charge in [-0.3, -0.25) is 9.59 Å². The van der Waals surface area contributed by atoms with Crippen LogP contribution in [0.25, 0.3) is 0 Å². The molecule has 0 amide bonds. The van der Waals surface area contributed by atoms with Gasteiger partial charge in [0.25, 0.3) is 0 Å². The predicted molar refractivity (Wildman–Crippen MR) is 60.4 cm³/mol. The Morgan fingerprint density at radius 3 is 1.67 bits per heavy atom. The van der Waals surface area contributed by atoms with E-state index in [0.29, 0.717) is 0 Å². The van der Waals surface area contributed by atoms with Crippen molar-refractivity contribution in [3.8, 4) is 11.5 Å². The lowest BCUT2D eigenvalue weighted by Gasteiger charge is -2.07. The van der Waals surface area contributed by atoms with Crippen molar-refractivity contribution < 1.29 is 28.6 Å². The van der Waals surface area contributed by atoms with Crippen molar-refractivity contribution in [3.63, 3.8) is 0 Å². The molecule has 0 aromatic heterocycles. The van der Waals surface area contributed by atoms with Crippen LogP contribution in [-0.2, 0) is 14.3 Å². The Bertz CT molecular complexity index is 457. The SMILES string of the molecule is COC(=O)c1cc(OC(C)=O)cc(OC(C)=O)c1. The fraction of sp³-hybridized carbons (Fsp3) is 0.250. The lowest BCUT2D eigenvalue weighted by molar-refractivity contribution is -0.132. The maximum atomic E-state index is 11.4. The average molecular weight is 252 g/mol. The maximum Gasteiger partial charge on any atom is 0.338 e. The quantitative estimate of drug-likeness (QED) is 0.596. The monoisotopic (exact) mass is 252 g/mol. The molecule has 0 N–H and O–H groups in total. The van der Waals surface area contributed by atoms with Crippen molar-refractivity contribution in [2.24, 2.45) is 0 Å². The summed E-state index contributed by atoms with van der Waals surface area (Å²) in [7, 11) is 1.21. The van der Waals surface area contributed by atoms with Crippen LogP contribution >= 0.6 is 0 Å². The number of hydrogen-bond donors (Lipinski definition) is 0. The summed E-state index contributed by atoms with van der Waals surface area (Å²) in [5, 5.41) is 0. The van der Waals surface area contributed by atoms with Gasteiger partial charge in [0.05, 0.1) is 12.7 Å². The van der Waals surface area contributed by atoms with Gasteiger partial charge in [-0.05, 0) is 12.1 Å². The molecular formula is C12H12O6. The molecule has 6 nitrogen and oxygen atoms in total. The first-order chi connectivity index (χ1) is 8.42. The van der Waals surface area contributed by atoms with Gasteiger partial charge < -0.3 is 14.2 Å². The van der Waals surface area contributed by atoms with E-state index in [1.54, 1.807) is 0 Å². The van der Waals surface area contributed by atoms with E-state index in [4.69, 9.17) is 9.47 Å². The van der Waals surface area contributed by atoms with Crippen LogP contribution < -0.4 is 9.47 Å². The number of carbonyl (C=O) groups is 3. The van der Waals surface area contributed by atoms with Crippen molar-refractivity contribution in [3.05, 3.63) is 23.8 Å². The van der Waals surface area contributed by atoms with Crippen molar-refractivity contribution in [1.82, 2.24) is 0 Å². The van der Waals surface area contributed by atoms with Gasteiger partial charge in [0, 0.05) is 19.9 Å². The van der Waals surface area contributed by atoms with E-state index in [9.17, 15) is 14.4 Å². The number of esters is 3. The second-order valence-electron chi connectivity index (χ2n) is 3.37. The van der Waals surface area contributed by atoms with Crippen LogP contribution in [0.15, 0.2) is 18.2 Å². The van der Waals surface area contributed by atoms with Gasteiger partial charge in [-0.1, -0.05) is 0 Å². The Labute approximate surface area is 103 Å². The van der Waals surface area contributed by atoms with E-state index in [1.165, 1.54) is 39.2 Å². The third-order valence-electron chi connectivity index (χ3n) is 1.82. The van der Waals surface area contributed by atoms with E-state index in [1.807, 2.05) is 0 Å². The van der Waals surface area contributed by atoms with Crippen LogP contribution in [0.3, 0.4) is 0 Å². The Morgan fingerprint density at radius 1 is 0.889 bits per heavy atom. The first kappa shape index (κ1) is 13.7. The minimum absolute atomic E-state index is 0.0988. The third kappa shape index (κ3) is 3.89. The molecule has 0 radical (unpaired) electrons. The number of rotatable bonds is 3. The molecule has 0 bridgehead atoms. The van der Waals surface area contributed by atoms with Gasteiger partial charge >= 0.3 is 17.9 Å². The van der Waals surface area contributed by atoms with Crippen LogP contribution in [0, 0.1) is 0 Å². The first-order valence-corrected chi connectivity index (χ1v) is 5.02. The van der Waals surface area contributed by atoms with Crippen LogP contribution in [0.2, 0.25) is 0 Å². The summed E-state index contributed by atoms with van der Waals surface area (Å²) in [6.07, 6.45) is 0. The molecule has 0 aliphatic heterocycles. The summed E-state index contributed by atoms with van der Waals surface area (Å²) in [4.78, 5) is 33.1. The van der Waals surface area contributed by atoms with E-state index in [2.05, 4.69) is 4.74 Å². The highest BCUT2D eigenvalue weighted by molar-refractivity contribution is 5.90. The Morgan fingerprint density at radius 2 is 1.33 bits per heavy atom. The van der Waals surface area contributed by atoms with Crippen LogP contribution in [0.5, 0.6) is 11.5 Å². The average Bonchev–Trinajstić information content (AvgIpc) is 2.25. The van der Waals surface area contributed by atoms with Gasteiger partial charge in [-0.25, -0.2) is 4.79 Å². The highest BCUT2D eigenvalue weighted by Gasteiger charge is 2.12. The Kier molecular flexibility index (Phi) is 4.42. The lowest BCUT2D eigenvalue weighted by Crippen LogP contribution is -2.07. The summed E-state index contributed by atoms with van der Waals surface area (Å²) in [6, 6.07) is 3.97. The minimum Gasteiger partial charge on any atom is -0.465 e. The molecule has 96 valence electrons. The zero-order valence-corrected chi connectivity index (χ0v) is 10.2. The number of methoxy groups -OCH3 is 1. The van der Waals surface area contributed by atoms with Gasteiger partial charge in [-0.2, -0.15) is 0 Å². The first-order valence-electron chi connectivity index (χ1n) is 5.02. The number of hydrogen-bond acceptors (Lipinski definition) is 6. The number of benzene rings is 1. The molecular weight excluding hydrogens is 240 g/mol. The summed E-state index contributed by atoms with van der Waals surface area (Å²) < 4.78 is 14.2. The van der Waals surface area contributed by atoms with E-state index < -0.39 is 17.9 Å². The number of ether oxygens (including phenoxy) is 3. The third-order valence-corrected chi connectivity index (χ3v) is 1.82. The second kappa shape index (κ2) is 5.81. The van der Waals surface area contributed by atoms with Crippen molar-refractivity contribution >= 4 is 17.9 Å². The molecule has 0 saturated carbocycles. The molecule has 0 saturated heterocycles. The van der Waals surface area contributed by atoms with E-state index in [-0.39, 0.29) is 17.1 Å². The maximum absolute atomic E-state index is 11.4. The molecule has 1 rings (SSSR count). The Balaban J connectivity index is 3.14. The normalized spacial score (nSPS) is 9.50. The summed E-state index contributed by atoms with van der Waals surface area (Å²) in [6.45, 7) is 2.44. The Hall–Kier alpha value is -2.37. The molecule has 0 fully saturated rings. The molecule has 1 aromatic carbocycles. The standard InChI is InChI=1S/C12H12O6/c1-7(13)17-10-4-9(12(15)16-3)5-11(6-10)18-8(2)14/h4-6H,1-3H3. The van der Waals surface area contributed by atoms with Crippen LogP contribution in [-0.4, -0.2) is 25.0 Å². The van der Waals surface area contributed by atoms with Crippen molar-refractivity contribution in [1.29, 1.82) is 0 Å². The molecule has 0 aliphatic carbocycles. The highest BCUT2D eigenvalue weighted by Crippen LogP contribution is 2.24.